The first-order valence-electron chi connectivity index (χ1n) is 9.46. The Hall–Kier alpha value is -1.76. The Kier molecular flexibility index (Phi) is 7.17. The maximum absolute atomic E-state index is 12.1. The first-order chi connectivity index (χ1) is 12.7. The molecular formula is C20H28N4OS. The molecule has 140 valence electrons. The Morgan fingerprint density at radius 3 is 2.58 bits per heavy atom. The molecule has 1 aliphatic heterocycles. The van der Waals surface area contributed by atoms with Crippen LogP contribution in [-0.4, -0.2) is 60.0 Å². The van der Waals surface area contributed by atoms with Crippen LogP contribution >= 0.6 is 11.3 Å². The number of carbonyl (C=O) groups is 1. The van der Waals surface area contributed by atoms with Gasteiger partial charge < -0.3 is 10.2 Å². The Bertz CT molecular complexity index is 680. The van der Waals surface area contributed by atoms with Gasteiger partial charge in [-0.1, -0.05) is 37.3 Å². The third kappa shape index (κ3) is 5.62. The normalized spacial score (nSPS) is 15.9. The molecule has 26 heavy (non-hydrogen) atoms. The molecule has 0 radical (unpaired) electrons. The molecule has 1 aromatic heterocycles. The van der Waals surface area contributed by atoms with Crippen LogP contribution in [0, 0.1) is 0 Å². The number of thiazole rings is 1. The third-order valence-electron chi connectivity index (χ3n) is 4.73. The van der Waals surface area contributed by atoms with Crippen LogP contribution in [0.15, 0.2) is 36.5 Å². The molecule has 1 aromatic carbocycles. The molecule has 0 aliphatic carbocycles. The van der Waals surface area contributed by atoms with Gasteiger partial charge in [0.25, 0.3) is 5.91 Å². The van der Waals surface area contributed by atoms with Crippen LogP contribution in [0.5, 0.6) is 0 Å². The number of rotatable bonds is 8. The second-order valence-corrected chi connectivity index (χ2v) is 7.80. The average molecular weight is 373 g/mol. The molecule has 0 unspecified atom stereocenters. The van der Waals surface area contributed by atoms with Crippen LogP contribution in [0.1, 0.15) is 33.6 Å². The summed E-state index contributed by atoms with van der Waals surface area (Å²) >= 11 is 1.49. The van der Waals surface area contributed by atoms with E-state index < -0.39 is 0 Å². The Labute approximate surface area is 160 Å². The third-order valence-corrected chi connectivity index (χ3v) is 5.87. The highest BCUT2D eigenvalue weighted by Crippen LogP contribution is 2.13. The number of amides is 1. The highest BCUT2D eigenvalue weighted by molar-refractivity contribution is 7.13. The minimum absolute atomic E-state index is 0.00915. The van der Waals surface area contributed by atoms with Crippen molar-refractivity contribution in [2.45, 2.75) is 26.3 Å². The first-order valence-corrected chi connectivity index (χ1v) is 10.3. The van der Waals surface area contributed by atoms with Gasteiger partial charge >= 0.3 is 0 Å². The van der Waals surface area contributed by atoms with E-state index in [2.05, 4.69) is 57.4 Å². The molecule has 5 nitrogen and oxygen atoms in total. The van der Waals surface area contributed by atoms with E-state index in [9.17, 15) is 4.79 Å². The average Bonchev–Trinajstić information content (AvgIpc) is 3.17. The molecule has 0 bridgehead atoms. The summed E-state index contributed by atoms with van der Waals surface area (Å²) in [4.78, 5) is 22.1. The van der Waals surface area contributed by atoms with Crippen molar-refractivity contribution < 1.29 is 4.79 Å². The van der Waals surface area contributed by atoms with Crippen LogP contribution in [0.3, 0.4) is 0 Å². The molecule has 2 heterocycles. The largest absolute Gasteiger partial charge is 0.351 e. The van der Waals surface area contributed by atoms with Gasteiger partial charge in [0.2, 0.25) is 0 Å². The maximum atomic E-state index is 12.1. The molecule has 0 atom stereocenters. The van der Waals surface area contributed by atoms with Crippen molar-refractivity contribution >= 4 is 17.2 Å². The lowest BCUT2D eigenvalue weighted by Crippen LogP contribution is -2.46. The van der Waals surface area contributed by atoms with Crippen molar-refractivity contribution in [2.75, 3.05) is 39.3 Å². The lowest BCUT2D eigenvalue weighted by molar-refractivity contribution is 0.0951. The van der Waals surface area contributed by atoms with E-state index in [1.165, 1.54) is 16.9 Å². The number of nitrogens with zero attached hydrogens (tertiary/aromatic N) is 3. The van der Waals surface area contributed by atoms with Gasteiger partial charge in [-0.15, -0.1) is 11.3 Å². The summed E-state index contributed by atoms with van der Waals surface area (Å²) in [5, 5.41) is 4.03. The minimum Gasteiger partial charge on any atom is -0.351 e. The smallest absolute Gasteiger partial charge is 0.263 e. The van der Waals surface area contributed by atoms with Gasteiger partial charge in [-0.05, 0) is 24.9 Å². The van der Waals surface area contributed by atoms with E-state index in [4.69, 9.17) is 0 Å². The summed E-state index contributed by atoms with van der Waals surface area (Å²) in [7, 11) is 0. The Balaban J connectivity index is 1.30. The van der Waals surface area contributed by atoms with Gasteiger partial charge in [0.05, 0.1) is 11.2 Å². The molecule has 1 amide bonds. The number of aromatic nitrogens is 1. The topological polar surface area (TPSA) is 48.5 Å². The van der Waals surface area contributed by atoms with Crippen molar-refractivity contribution in [3.63, 3.8) is 0 Å². The standard InChI is InChI=1S/C20H28N4OS/c1-2-19-22-15-18(26-19)20(25)21-9-6-10-23-11-13-24(14-12-23)16-17-7-4-3-5-8-17/h3-5,7-8,15H,2,6,9-14,16H2,1H3,(H,21,25). The molecule has 1 saturated heterocycles. The quantitative estimate of drug-likeness (QED) is 0.724. The fraction of sp³-hybridized carbons (Fsp3) is 0.500. The number of nitrogens with one attached hydrogen (secondary N) is 1. The first kappa shape index (κ1) is 19.0. The van der Waals surface area contributed by atoms with Crippen LogP contribution in [-0.2, 0) is 13.0 Å². The van der Waals surface area contributed by atoms with Gasteiger partial charge in [-0.25, -0.2) is 4.98 Å². The molecule has 1 fully saturated rings. The number of hydrogen-bond acceptors (Lipinski definition) is 5. The van der Waals surface area contributed by atoms with Gasteiger partial charge in [-0.3, -0.25) is 9.69 Å². The second kappa shape index (κ2) is 9.80. The maximum Gasteiger partial charge on any atom is 0.263 e. The van der Waals surface area contributed by atoms with Crippen molar-refractivity contribution in [3.8, 4) is 0 Å². The fourth-order valence-electron chi connectivity index (χ4n) is 3.18. The van der Waals surface area contributed by atoms with Crippen LogP contribution in [0.4, 0.5) is 0 Å². The zero-order valence-corrected chi connectivity index (χ0v) is 16.3. The lowest BCUT2D eigenvalue weighted by atomic mass is 10.2. The molecule has 2 aromatic rings. The lowest BCUT2D eigenvalue weighted by Gasteiger charge is -2.34. The monoisotopic (exact) mass is 372 g/mol. The summed E-state index contributed by atoms with van der Waals surface area (Å²) < 4.78 is 0. The molecular weight excluding hydrogens is 344 g/mol. The number of aryl methyl sites for hydroxylation is 1. The zero-order valence-electron chi connectivity index (χ0n) is 15.5. The molecule has 1 N–H and O–H groups in total. The highest BCUT2D eigenvalue weighted by Gasteiger charge is 2.16. The Morgan fingerprint density at radius 2 is 1.88 bits per heavy atom. The van der Waals surface area contributed by atoms with E-state index in [1.807, 2.05) is 0 Å². The minimum atomic E-state index is 0.00915. The predicted octanol–water partition coefficient (Wildman–Crippen LogP) is 2.64. The SMILES string of the molecule is CCc1ncc(C(=O)NCCCN2CCN(Cc3ccccc3)CC2)s1. The van der Waals surface area contributed by atoms with Crippen LogP contribution in [0.25, 0.3) is 0 Å². The van der Waals surface area contributed by atoms with E-state index in [0.29, 0.717) is 0 Å². The Morgan fingerprint density at radius 1 is 1.15 bits per heavy atom. The summed E-state index contributed by atoms with van der Waals surface area (Å²) in [6.45, 7) is 9.30. The number of piperazine rings is 1. The highest BCUT2D eigenvalue weighted by atomic mass is 32.1. The summed E-state index contributed by atoms with van der Waals surface area (Å²) in [5.41, 5.74) is 1.39. The van der Waals surface area contributed by atoms with E-state index in [-0.39, 0.29) is 5.91 Å². The molecule has 6 heteroatoms. The molecule has 3 rings (SSSR count). The van der Waals surface area contributed by atoms with Crippen molar-refractivity contribution in [3.05, 3.63) is 52.0 Å². The van der Waals surface area contributed by atoms with Gasteiger partial charge in [-0.2, -0.15) is 0 Å². The number of carbonyl (C=O) groups excluding carboxylic acids is 1. The fourth-order valence-corrected chi connectivity index (χ4v) is 3.96. The summed E-state index contributed by atoms with van der Waals surface area (Å²) in [5.74, 6) is 0.00915. The van der Waals surface area contributed by atoms with E-state index in [0.717, 1.165) is 68.5 Å². The van der Waals surface area contributed by atoms with Crippen LogP contribution < -0.4 is 5.32 Å². The molecule has 0 spiro atoms. The second-order valence-electron chi connectivity index (χ2n) is 6.68. The van der Waals surface area contributed by atoms with Gasteiger partial charge in [0, 0.05) is 39.3 Å². The summed E-state index contributed by atoms with van der Waals surface area (Å²) in [6.07, 6.45) is 3.56. The molecule has 0 saturated carbocycles. The molecule has 1 aliphatic rings. The van der Waals surface area contributed by atoms with Crippen molar-refractivity contribution in [1.82, 2.24) is 20.1 Å². The van der Waals surface area contributed by atoms with E-state index in [1.54, 1.807) is 6.20 Å². The van der Waals surface area contributed by atoms with Gasteiger partial charge in [0.15, 0.2) is 0 Å². The van der Waals surface area contributed by atoms with Crippen molar-refractivity contribution in [1.29, 1.82) is 0 Å². The van der Waals surface area contributed by atoms with E-state index >= 15 is 0 Å². The summed E-state index contributed by atoms with van der Waals surface area (Å²) in [6, 6.07) is 10.7. The van der Waals surface area contributed by atoms with Gasteiger partial charge in [0.1, 0.15) is 4.88 Å². The zero-order chi connectivity index (χ0) is 18.2. The predicted molar refractivity (Wildman–Crippen MR) is 107 cm³/mol. The number of benzene rings is 1. The van der Waals surface area contributed by atoms with Crippen molar-refractivity contribution in [2.24, 2.45) is 0 Å². The number of hydrogen-bond donors (Lipinski definition) is 1. The van der Waals surface area contributed by atoms with Crippen LogP contribution in [0.2, 0.25) is 0 Å².